The molecule has 1 atom stereocenters. The number of nitrogens with zero attached hydrogens (tertiary/aromatic N) is 1. The number of rotatable bonds is 5. The van der Waals surface area contributed by atoms with Crippen molar-refractivity contribution in [3.8, 4) is 0 Å². The van der Waals surface area contributed by atoms with Crippen molar-refractivity contribution in [2.45, 2.75) is 64.5 Å². The highest BCUT2D eigenvalue weighted by atomic mass is 16.5. The Hall–Kier alpha value is -1.10. The Labute approximate surface area is 127 Å². The van der Waals surface area contributed by atoms with Crippen LogP contribution in [-0.2, 0) is 14.3 Å². The van der Waals surface area contributed by atoms with Crippen LogP contribution in [0.1, 0.15) is 52.4 Å². The molecular formula is C16H28N2O3. The quantitative estimate of drug-likeness (QED) is 0.840. The fraction of sp³-hybridized carbons (Fsp3) is 0.875. The SMILES string of the molecule is CC(C)NC(=O)C1CCN(C(=O)CC[C@H]2CCCO2)CC1. The maximum absolute atomic E-state index is 12.2. The van der Waals surface area contributed by atoms with Gasteiger partial charge in [-0.15, -0.1) is 0 Å². The molecule has 2 fully saturated rings. The summed E-state index contributed by atoms with van der Waals surface area (Å²) in [5.41, 5.74) is 0. The molecule has 0 aromatic heterocycles. The van der Waals surface area contributed by atoms with Crippen LogP contribution in [0.2, 0.25) is 0 Å². The van der Waals surface area contributed by atoms with E-state index in [1.807, 2.05) is 18.7 Å². The zero-order valence-corrected chi connectivity index (χ0v) is 13.3. The Bertz CT molecular complexity index is 357. The van der Waals surface area contributed by atoms with Gasteiger partial charge in [0.15, 0.2) is 0 Å². The van der Waals surface area contributed by atoms with Crippen LogP contribution in [0.4, 0.5) is 0 Å². The highest BCUT2D eigenvalue weighted by molar-refractivity contribution is 5.80. The smallest absolute Gasteiger partial charge is 0.223 e. The number of nitrogens with one attached hydrogen (secondary N) is 1. The van der Waals surface area contributed by atoms with Crippen LogP contribution in [0, 0.1) is 5.92 Å². The molecule has 0 saturated carbocycles. The van der Waals surface area contributed by atoms with Crippen molar-refractivity contribution >= 4 is 11.8 Å². The number of ether oxygens (including phenoxy) is 1. The van der Waals surface area contributed by atoms with Gasteiger partial charge in [-0.1, -0.05) is 0 Å². The van der Waals surface area contributed by atoms with E-state index in [2.05, 4.69) is 5.32 Å². The van der Waals surface area contributed by atoms with E-state index in [9.17, 15) is 9.59 Å². The van der Waals surface area contributed by atoms with E-state index in [1.165, 1.54) is 0 Å². The first kappa shape index (κ1) is 16.3. The van der Waals surface area contributed by atoms with Gasteiger partial charge < -0.3 is 15.0 Å². The van der Waals surface area contributed by atoms with Gasteiger partial charge in [0, 0.05) is 38.1 Å². The van der Waals surface area contributed by atoms with Gasteiger partial charge >= 0.3 is 0 Å². The average molecular weight is 296 g/mol. The minimum atomic E-state index is 0.0645. The first-order valence-electron chi connectivity index (χ1n) is 8.26. The first-order valence-corrected chi connectivity index (χ1v) is 8.26. The van der Waals surface area contributed by atoms with E-state index in [4.69, 9.17) is 4.74 Å². The molecule has 2 saturated heterocycles. The van der Waals surface area contributed by atoms with E-state index >= 15 is 0 Å². The summed E-state index contributed by atoms with van der Waals surface area (Å²) in [6, 6.07) is 0.184. The second kappa shape index (κ2) is 7.78. The van der Waals surface area contributed by atoms with E-state index in [0.717, 1.165) is 38.7 Å². The lowest BCUT2D eigenvalue weighted by Crippen LogP contribution is -2.44. The van der Waals surface area contributed by atoms with E-state index in [1.54, 1.807) is 0 Å². The van der Waals surface area contributed by atoms with Crippen molar-refractivity contribution in [3.63, 3.8) is 0 Å². The maximum Gasteiger partial charge on any atom is 0.223 e. The van der Waals surface area contributed by atoms with E-state index < -0.39 is 0 Å². The summed E-state index contributed by atoms with van der Waals surface area (Å²) in [5, 5.41) is 2.96. The molecule has 2 aliphatic heterocycles. The summed E-state index contributed by atoms with van der Waals surface area (Å²) >= 11 is 0. The van der Waals surface area contributed by atoms with Crippen LogP contribution >= 0.6 is 0 Å². The Morgan fingerprint density at radius 2 is 1.95 bits per heavy atom. The van der Waals surface area contributed by atoms with Gasteiger partial charge in [0.05, 0.1) is 6.10 Å². The Kier molecular flexibility index (Phi) is 6.03. The number of carbonyl (C=O) groups excluding carboxylic acids is 2. The van der Waals surface area contributed by atoms with E-state index in [0.29, 0.717) is 19.5 Å². The first-order chi connectivity index (χ1) is 10.1. The normalized spacial score (nSPS) is 23.6. The van der Waals surface area contributed by atoms with Crippen LogP contribution in [-0.4, -0.2) is 48.6 Å². The van der Waals surface area contributed by atoms with Crippen molar-refractivity contribution in [2.75, 3.05) is 19.7 Å². The fourth-order valence-corrected chi connectivity index (χ4v) is 3.11. The van der Waals surface area contributed by atoms with Gasteiger partial charge in [-0.2, -0.15) is 0 Å². The van der Waals surface area contributed by atoms with Crippen LogP contribution in [0.15, 0.2) is 0 Å². The lowest BCUT2D eigenvalue weighted by molar-refractivity contribution is -0.136. The minimum absolute atomic E-state index is 0.0645. The summed E-state index contributed by atoms with van der Waals surface area (Å²) in [6.07, 6.45) is 5.47. The molecule has 2 aliphatic rings. The fourth-order valence-electron chi connectivity index (χ4n) is 3.11. The van der Waals surface area contributed by atoms with Crippen LogP contribution < -0.4 is 5.32 Å². The summed E-state index contributed by atoms with van der Waals surface area (Å²) in [6.45, 7) is 6.21. The van der Waals surface area contributed by atoms with Crippen molar-refractivity contribution in [2.24, 2.45) is 5.92 Å². The summed E-state index contributed by atoms with van der Waals surface area (Å²) in [4.78, 5) is 26.0. The van der Waals surface area contributed by atoms with E-state index in [-0.39, 0.29) is 29.9 Å². The van der Waals surface area contributed by atoms with Gasteiger partial charge in [0.25, 0.3) is 0 Å². The maximum atomic E-state index is 12.2. The third kappa shape index (κ3) is 4.99. The lowest BCUT2D eigenvalue weighted by Gasteiger charge is -2.32. The molecule has 0 aromatic rings. The molecule has 2 rings (SSSR count). The molecule has 0 spiro atoms. The highest BCUT2D eigenvalue weighted by Crippen LogP contribution is 2.21. The molecular weight excluding hydrogens is 268 g/mol. The molecule has 1 N–H and O–H groups in total. The van der Waals surface area contributed by atoms with Gasteiger partial charge in [0.1, 0.15) is 0 Å². The predicted octanol–water partition coefficient (Wildman–Crippen LogP) is 1.71. The average Bonchev–Trinajstić information content (AvgIpc) is 2.97. The van der Waals surface area contributed by atoms with Crippen LogP contribution in [0.5, 0.6) is 0 Å². The molecule has 0 aromatic carbocycles. The third-order valence-corrected chi connectivity index (χ3v) is 4.35. The van der Waals surface area contributed by atoms with Crippen molar-refractivity contribution in [1.29, 1.82) is 0 Å². The molecule has 2 heterocycles. The largest absolute Gasteiger partial charge is 0.378 e. The lowest BCUT2D eigenvalue weighted by atomic mass is 9.95. The van der Waals surface area contributed by atoms with Crippen molar-refractivity contribution < 1.29 is 14.3 Å². The minimum Gasteiger partial charge on any atom is -0.378 e. The van der Waals surface area contributed by atoms with Crippen LogP contribution in [0.25, 0.3) is 0 Å². The number of hydrogen-bond acceptors (Lipinski definition) is 3. The highest BCUT2D eigenvalue weighted by Gasteiger charge is 2.28. The summed E-state index contributed by atoms with van der Waals surface area (Å²) in [7, 11) is 0. The number of hydrogen-bond donors (Lipinski definition) is 1. The molecule has 2 amide bonds. The monoisotopic (exact) mass is 296 g/mol. The zero-order chi connectivity index (χ0) is 15.2. The molecule has 21 heavy (non-hydrogen) atoms. The van der Waals surface area contributed by atoms with Gasteiger partial charge in [0.2, 0.25) is 11.8 Å². The molecule has 0 bridgehead atoms. The standard InChI is InChI=1S/C16H28N2O3/c1-12(2)17-16(20)13-7-9-18(10-8-13)15(19)6-5-14-4-3-11-21-14/h12-14H,3-11H2,1-2H3,(H,17,20)/t14-/m1/s1. The molecule has 5 heteroatoms. The molecule has 0 aliphatic carbocycles. The summed E-state index contributed by atoms with van der Waals surface area (Å²) < 4.78 is 5.55. The number of likely N-dealkylation sites (tertiary alicyclic amines) is 1. The Morgan fingerprint density at radius 3 is 2.52 bits per heavy atom. The molecule has 0 radical (unpaired) electrons. The summed E-state index contributed by atoms with van der Waals surface area (Å²) in [5.74, 6) is 0.416. The number of carbonyl (C=O) groups is 2. The molecule has 0 unspecified atom stereocenters. The third-order valence-electron chi connectivity index (χ3n) is 4.35. The van der Waals surface area contributed by atoms with Gasteiger partial charge in [-0.05, 0) is 46.0 Å². The van der Waals surface area contributed by atoms with Crippen molar-refractivity contribution in [3.05, 3.63) is 0 Å². The molecule has 5 nitrogen and oxygen atoms in total. The Morgan fingerprint density at radius 1 is 1.24 bits per heavy atom. The number of amides is 2. The zero-order valence-electron chi connectivity index (χ0n) is 13.3. The van der Waals surface area contributed by atoms with Crippen LogP contribution in [0.3, 0.4) is 0 Å². The topological polar surface area (TPSA) is 58.6 Å². The Balaban J connectivity index is 1.67. The van der Waals surface area contributed by atoms with Gasteiger partial charge in [-0.25, -0.2) is 0 Å². The second-order valence-electron chi connectivity index (χ2n) is 6.49. The van der Waals surface area contributed by atoms with Gasteiger partial charge in [-0.3, -0.25) is 9.59 Å². The van der Waals surface area contributed by atoms with Crippen molar-refractivity contribution in [1.82, 2.24) is 10.2 Å². The number of piperidine rings is 1. The molecule has 120 valence electrons. The predicted molar refractivity (Wildman–Crippen MR) is 80.8 cm³/mol. The second-order valence-corrected chi connectivity index (χ2v) is 6.49.